The number of hydrogen-bond donors (Lipinski definition) is 2. The molecule has 0 aliphatic rings. The Morgan fingerprint density at radius 3 is 2.70 bits per heavy atom. The molecule has 1 heterocycles. The van der Waals surface area contributed by atoms with Gasteiger partial charge >= 0.3 is 6.09 Å². The fraction of sp³-hybridized carbons (Fsp3) is 0.250. The highest BCUT2D eigenvalue weighted by molar-refractivity contribution is 5.91. The molecule has 30 heavy (non-hydrogen) atoms. The number of nitrogens with one attached hydrogen (secondary N) is 2. The fourth-order valence-electron chi connectivity index (χ4n) is 2.64. The number of carbonyl (C=O) groups is 2. The highest BCUT2D eigenvalue weighted by atomic mass is 19.1. The first-order valence-corrected chi connectivity index (χ1v) is 9.32. The fourth-order valence-corrected chi connectivity index (χ4v) is 2.64. The Labute approximate surface area is 172 Å². The smallest absolute Gasteiger partial charge is 0.407 e. The molecule has 0 spiro atoms. The second kappa shape index (κ2) is 10.1. The van der Waals surface area contributed by atoms with E-state index in [0.29, 0.717) is 24.5 Å². The van der Waals surface area contributed by atoms with E-state index in [9.17, 15) is 14.0 Å². The average molecular weight is 412 g/mol. The van der Waals surface area contributed by atoms with Crippen molar-refractivity contribution in [2.24, 2.45) is 0 Å². The maximum Gasteiger partial charge on any atom is 0.407 e. The van der Waals surface area contributed by atoms with Crippen molar-refractivity contribution in [3.05, 3.63) is 65.7 Å². The highest BCUT2D eigenvalue weighted by Gasteiger charge is 2.12. The van der Waals surface area contributed by atoms with Crippen LogP contribution in [0, 0.1) is 12.7 Å². The molecule has 9 nitrogen and oxygen atoms in total. The Kier molecular flexibility index (Phi) is 7.04. The van der Waals surface area contributed by atoms with Crippen LogP contribution in [0.15, 0.2) is 48.5 Å². The monoisotopic (exact) mass is 412 g/mol. The number of hydrogen-bond acceptors (Lipinski definition) is 6. The van der Waals surface area contributed by atoms with E-state index in [0.717, 1.165) is 5.56 Å². The highest BCUT2D eigenvalue weighted by Crippen LogP contribution is 2.19. The number of aryl methyl sites for hydroxylation is 1. The molecule has 0 aliphatic heterocycles. The molecule has 156 valence electrons. The zero-order valence-corrected chi connectivity index (χ0v) is 16.3. The first kappa shape index (κ1) is 20.9. The standard InChI is InChI=1S/C20H21FN6O3/c1-14-24-25-26-27(14)18-12-16(9-10-17(18)21)23-19(28)8-5-11-22-20(29)30-13-15-6-3-2-4-7-15/h2-4,6-7,9-10,12H,5,8,11,13H2,1H3,(H,22,29)(H,23,28). The summed E-state index contributed by atoms with van der Waals surface area (Å²) < 4.78 is 20.4. The summed E-state index contributed by atoms with van der Waals surface area (Å²) >= 11 is 0. The number of rotatable bonds is 8. The molecule has 0 fully saturated rings. The molecule has 0 saturated carbocycles. The first-order chi connectivity index (χ1) is 14.5. The van der Waals surface area contributed by atoms with Crippen LogP contribution in [-0.2, 0) is 16.1 Å². The number of benzene rings is 2. The second-order valence-corrected chi connectivity index (χ2v) is 6.44. The minimum absolute atomic E-state index is 0.137. The van der Waals surface area contributed by atoms with Gasteiger partial charge in [-0.2, -0.15) is 4.68 Å². The lowest BCUT2D eigenvalue weighted by molar-refractivity contribution is -0.116. The van der Waals surface area contributed by atoms with Crippen molar-refractivity contribution < 1.29 is 18.7 Å². The SMILES string of the molecule is Cc1nnnn1-c1cc(NC(=O)CCCNC(=O)OCc2ccccc2)ccc1F. The Hall–Kier alpha value is -3.82. The van der Waals surface area contributed by atoms with E-state index in [1.807, 2.05) is 30.3 Å². The summed E-state index contributed by atoms with van der Waals surface area (Å²) in [6.45, 7) is 2.11. The van der Waals surface area contributed by atoms with Crippen LogP contribution in [0.5, 0.6) is 0 Å². The van der Waals surface area contributed by atoms with Crippen LogP contribution in [0.1, 0.15) is 24.2 Å². The minimum Gasteiger partial charge on any atom is -0.445 e. The molecule has 2 amide bonds. The summed E-state index contributed by atoms with van der Waals surface area (Å²) in [4.78, 5) is 23.8. The lowest BCUT2D eigenvalue weighted by Gasteiger charge is -2.09. The number of aromatic nitrogens is 4. The van der Waals surface area contributed by atoms with E-state index >= 15 is 0 Å². The topological polar surface area (TPSA) is 111 Å². The minimum atomic E-state index is -0.542. The molecule has 0 aliphatic carbocycles. The van der Waals surface area contributed by atoms with Gasteiger partial charge in [-0.25, -0.2) is 9.18 Å². The molecule has 10 heteroatoms. The van der Waals surface area contributed by atoms with Gasteiger partial charge < -0.3 is 15.4 Å². The van der Waals surface area contributed by atoms with Crippen molar-refractivity contribution in [2.75, 3.05) is 11.9 Å². The second-order valence-electron chi connectivity index (χ2n) is 6.44. The third kappa shape index (κ3) is 5.84. The Bertz CT molecular complexity index is 1010. The summed E-state index contributed by atoms with van der Waals surface area (Å²) in [5.74, 6) is -0.357. The Morgan fingerprint density at radius 1 is 1.17 bits per heavy atom. The van der Waals surface area contributed by atoms with E-state index < -0.39 is 11.9 Å². The van der Waals surface area contributed by atoms with Gasteiger partial charge in [0.15, 0.2) is 5.82 Å². The summed E-state index contributed by atoms with van der Waals surface area (Å²) in [6, 6.07) is 13.5. The summed E-state index contributed by atoms with van der Waals surface area (Å²) in [5, 5.41) is 16.2. The number of tetrazole rings is 1. The number of anilines is 1. The molecule has 2 aromatic carbocycles. The normalized spacial score (nSPS) is 10.5. The van der Waals surface area contributed by atoms with E-state index in [1.54, 1.807) is 6.92 Å². The predicted molar refractivity (Wildman–Crippen MR) is 106 cm³/mol. The van der Waals surface area contributed by atoms with Crippen LogP contribution in [0.4, 0.5) is 14.9 Å². The van der Waals surface area contributed by atoms with Gasteiger partial charge in [0.1, 0.15) is 18.1 Å². The molecule has 0 unspecified atom stereocenters. The van der Waals surface area contributed by atoms with Crippen LogP contribution in [0.25, 0.3) is 5.69 Å². The van der Waals surface area contributed by atoms with Crippen LogP contribution in [0.3, 0.4) is 0 Å². The largest absolute Gasteiger partial charge is 0.445 e. The lowest BCUT2D eigenvalue weighted by Crippen LogP contribution is -2.26. The van der Waals surface area contributed by atoms with E-state index in [-0.39, 0.29) is 24.6 Å². The summed E-state index contributed by atoms with van der Waals surface area (Å²) in [5.41, 5.74) is 1.45. The molecule has 0 bridgehead atoms. The average Bonchev–Trinajstić information content (AvgIpc) is 3.17. The van der Waals surface area contributed by atoms with Gasteiger partial charge in [-0.05, 0) is 47.5 Å². The van der Waals surface area contributed by atoms with E-state index in [2.05, 4.69) is 26.2 Å². The van der Waals surface area contributed by atoms with Gasteiger partial charge in [-0.15, -0.1) is 5.10 Å². The van der Waals surface area contributed by atoms with Gasteiger partial charge in [0.2, 0.25) is 5.91 Å². The number of halogens is 1. The van der Waals surface area contributed by atoms with Crippen LogP contribution >= 0.6 is 0 Å². The summed E-state index contributed by atoms with van der Waals surface area (Å²) in [7, 11) is 0. The van der Waals surface area contributed by atoms with Gasteiger partial charge in [0.25, 0.3) is 0 Å². The van der Waals surface area contributed by atoms with Gasteiger partial charge in [-0.1, -0.05) is 30.3 Å². The third-order valence-corrected chi connectivity index (χ3v) is 4.15. The molecule has 0 radical (unpaired) electrons. The number of alkyl carbamates (subject to hydrolysis) is 1. The van der Waals surface area contributed by atoms with Crippen molar-refractivity contribution in [3.63, 3.8) is 0 Å². The van der Waals surface area contributed by atoms with Crippen LogP contribution in [-0.4, -0.2) is 38.8 Å². The first-order valence-electron chi connectivity index (χ1n) is 9.32. The van der Waals surface area contributed by atoms with Gasteiger partial charge in [-0.3, -0.25) is 4.79 Å². The number of ether oxygens (including phenoxy) is 1. The van der Waals surface area contributed by atoms with Gasteiger partial charge in [0.05, 0.1) is 0 Å². The van der Waals surface area contributed by atoms with E-state index in [4.69, 9.17) is 4.74 Å². The Balaban J connectivity index is 1.41. The van der Waals surface area contributed by atoms with Crippen LogP contribution < -0.4 is 10.6 Å². The molecule has 2 N–H and O–H groups in total. The quantitative estimate of drug-likeness (QED) is 0.551. The molecular weight excluding hydrogens is 391 g/mol. The zero-order chi connectivity index (χ0) is 21.3. The van der Waals surface area contributed by atoms with Crippen molar-refractivity contribution in [3.8, 4) is 5.69 Å². The van der Waals surface area contributed by atoms with Crippen LogP contribution in [0.2, 0.25) is 0 Å². The molecule has 3 rings (SSSR count). The van der Waals surface area contributed by atoms with Gasteiger partial charge in [0, 0.05) is 18.7 Å². The number of nitrogens with zero attached hydrogens (tertiary/aromatic N) is 4. The maximum absolute atomic E-state index is 14.1. The number of amides is 2. The molecule has 1 aromatic heterocycles. The molecule has 3 aromatic rings. The van der Waals surface area contributed by atoms with Crippen molar-refractivity contribution in [1.82, 2.24) is 25.5 Å². The van der Waals surface area contributed by atoms with Crippen molar-refractivity contribution in [2.45, 2.75) is 26.4 Å². The molecule has 0 saturated heterocycles. The summed E-state index contributed by atoms with van der Waals surface area (Å²) in [6.07, 6.45) is 0.0569. The van der Waals surface area contributed by atoms with E-state index in [1.165, 1.54) is 22.9 Å². The zero-order valence-electron chi connectivity index (χ0n) is 16.3. The number of carbonyl (C=O) groups excluding carboxylic acids is 2. The maximum atomic E-state index is 14.1. The molecular formula is C20H21FN6O3. The predicted octanol–water partition coefficient (Wildman–Crippen LogP) is 2.75. The third-order valence-electron chi connectivity index (χ3n) is 4.15. The lowest BCUT2D eigenvalue weighted by atomic mass is 10.2. The van der Waals surface area contributed by atoms with Crippen molar-refractivity contribution >= 4 is 17.7 Å². The van der Waals surface area contributed by atoms with Crippen molar-refractivity contribution in [1.29, 1.82) is 0 Å². The molecule has 0 atom stereocenters. The Morgan fingerprint density at radius 2 is 1.97 bits per heavy atom.